The van der Waals surface area contributed by atoms with Gasteiger partial charge in [0.2, 0.25) is 5.96 Å². The first kappa shape index (κ1) is 12.6. The molecule has 0 atom stereocenters. The largest absolute Gasteiger partial charge is 0.340 e. The van der Waals surface area contributed by atoms with Crippen LogP contribution in [0.4, 0.5) is 0 Å². The summed E-state index contributed by atoms with van der Waals surface area (Å²) in [7, 11) is 0. The van der Waals surface area contributed by atoms with Crippen molar-refractivity contribution < 1.29 is 0 Å². The van der Waals surface area contributed by atoms with Crippen LogP contribution in [-0.4, -0.2) is 40.5 Å². The number of nitrogens with two attached hydrogens (primary N) is 1. The molecule has 1 rings (SSSR count). The molecule has 0 bridgehead atoms. The number of thioether (sulfide) groups is 1. The molecular formula is C10H22N4S. The van der Waals surface area contributed by atoms with Crippen LogP contribution in [0, 0.1) is 0 Å². The van der Waals surface area contributed by atoms with Crippen molar-refractivity contribution in [1.82, 2.24) is 10.3 Å². The summed E-state index contributed by atoms with van der Waals surface area (Å²) in [6.45, 7) is 10.6. The van der Waals surface area contributed by atoms with Gasteiger partial charge < -0.3 is 4.90 Å². The van der Waals surface area contributed by atoms with Gasteiger partial charge in [0.05, 0.1) is 0 Å². The second kappa shape index (κ2) is 5.07. The summed E-state index contributed by atoms with van der Waals surface area (Å²) >= 11 is 2.01. The summed E-state index contributed by atoms with van der Waals surface area (Å²) in [5.74, 6) is 7.46. The van der Waals surface area contributed by atoms with Gasteiger partial charge in [0, 0.05) is 29.6 Å². The van der Waals surface area contributed by atoms with E-state index < -0.39 is 0 Å². The summed E-state index contributed by atoms with van der Waals surface area (Å²) in [6, 6.07) is 0.272. The van der Waals surface area contributed by atoms with Gasteiger partial charge in [-0.3, -0.25) is 5.43 Å². The number of hydrazine groups is 1. The van der Waals surface area contributed by atoms with E-state index in [-0.39, 0.29) is 10.8 Å². The fraction of sp³-hybridized carbons (Fsp3) is 0.900. The third-order valence-corrected chi connectivity index (χ3v) is 3.53. The van der Waals surface area contributed by atoms with Crippen LogP contribution in [0.15, 0.2) is 4.99 Å². The number of hydrogen-bond acceptors (Lipinski definition) is 3. The second-order valence-corrected chi connectivity index (χ2v) is 6.52. The van der Waals surface area contributed by atoms with Crippen molar-refractivity contribution in [2.45, 2.75) is 38.5 Å². The lowest BCUT2D eigenvalue weighted by Gasteiger charge is -2.39. The highest BCUT2D eigenvalue weighted by Crippen LogP contribution is 2.29. The molecule has 1 aliphatic rings. The van der Waals surface area contributed by atoms with Gasteiger partial charge in [0.15, 0.2) is 0 Å². The van der Waals surface area contributed by atoms with E-state index in [1.165, 1.54) is 0 Å². The molecule has 4 nitrogen and oxygen atoms in total. The fourth-order valence-electron chi connectivity index (χ4n) is 1.65. The molecule has 1 heterocycles. The van der Waals surface area contributed by atoms with E-state index >= 15 is 0 Å². The first-order valence-electron chi connectivity index (χ1n) is 5.38. The Labute approximate surface area is 96.7 Å². The number of aliphatic imine (C=N–C) groups is 1. The molecule has 88 valence electrons. The van der Waals surface area contributed by atoms with Crippen molar-refractivity contribution in [2.75, 3.05) is 18.8 Å². The summed E-state index contributed by atoms with van der Waals surface area (Å²) in [6.07, 6.45) is 0. The molecule has 1 aliphatic heterocycles. The topological polar surface area (TPSA) is 53.6 Å². The van der Waals surface area contributed by atoms with Gasteiger partial charge in [-0.25, -0.2) is 10.8 Å². The maximum atomic E-state index is 5.51. The molecule has 5 heteroatoms. The summed E-state index contributed by atoms with van der Waals surface area (Å²) < 4.78 is 0.285. The van der Waals surface area contributed by atoms with E-state index in [0.29, 0.717) is 0 Å². The Morgan fingerprint density at radius 3 is 2.67 bits per heavy atom. The SMILES string of the molecule is CC(C)N=C(NN)N1CCSC(C)(C)C1. The van der Waals surface area contributed by atoms with Crippen LogP contribution in [0.5, 0.6) is 0 Å². The van der Waals surface area contributed by atoms with Gasteiger partial charge in [-0.1, -0.05) is 0 Å². The third-order valence-electron chi connectivity index (χ3n) is 2.23. The van der Waals surface area contributed by atoms with Crippen molar-refractivity contribution in [1.29, 1.82) is 0 Å². The lowest BCUT2D eigenvalue weighted by atomic mass is 10.2. The van der Waals surface area contributed by atoms with Crippen LogP contribution in [0.3, 0.4) is 0 Å². The van der Waals surface area contributed by atoms with Gasteiger partial charge in [-0.2, -0.15) is 11.8 Å². The Balaban J connectivity index is 2.69. The zero-order valence-electron chi connectivity index (χ0n) is 10.1. The molecule has 0 aromatic carbocycles. The lowest BCUT2D eigenvalue weighted by molar-refractivity contribution is 0.374. The van der Waals surface area contributed by atoms with Crippen LogP contribution < -0.4 is 11.3 Å². The Hall–Kier alpha value is -0.420. The molecule has 0 amide bonds. The fourth-order valence-corrected chi connectivity index (χ4v) is 2.76. The quantitative estimate of drug-likeness (QED) is 0.306. The minimum atomic E-state index is 0.272. The van der Waals surface area contributed by atoms with Gasteiger partial charge >= 0.3 is 0 Å². The average Bonchev–Trinajstić information content (AvgIpc) is 2.12. The number of rotatable bonds is 1. The summed E-state index contributed by atoms with van der Waals surface area (Å²) in [5, 5.41) is 0. The Morgan fingerprint density at radius 1 is 1.53 bits per heavy atom. The highest BCUT2D eigenvalue weighted by Gasteiger charge is 2.28. The molecule has 0 spiro atoms. The molecule has 0 aromatic heterocycles. The van der Waals surface area contributed by atoms with E-state index in [1.807, 2.05) is 11.8 Å². The van der Waals surface area contributed by atoms with Crippen LogP contribution >= 0.6 is 11.8 Å². The highest BCUT2D eigenvalue weighted by molar-refractivity contribution is 8.00. The van der Waals surface area contributed by atoms with Gasteiger partial charge in [-0.15, -0.1) is 0 Å². The normalized spacial score (nSPS) is 22.0. The Morgan fingerprint density at radius 2 is 2.20 bits per heavy atom. The van der Waals surface area contributed by atoms with Crippen LogP contribution in [-0.2, 0) is 0 Å². The summed E-state index contributed by atoms with van der Waals surface area (Å²) in [5.41, 5.74) is 2.71. The molecule has 0 unspecified atom stereocenters. The molecule has 0 saturated carbocycles. The highest BCUT2D eigenvalue weighted by atomic mass is 32.2. The standard InChI is InChI=1S/C10H22N4S/c1-8(2)12-9(13-11)14-5-6-15-10(3,4)7-14/h8H,5-7,11H2,1-4H3,(H,12,13). The smallest absolute Gasteiger partial charge is 0.208 e. The number of hydrogen-bond donors (Lipinski definition) is 2. The maximum absolute atomic E-state index is 5.51. The van der Waals surface area contributed by atoms with E-state index in [0.717, 1.165) is 24.8 Å². The molecule has 1 fully saturated rings. The second-order valence-electron chi connectivity index (χ2n) is 4.72. The minimum absolute atomic E-state index is 0.272. The van der Waals surface area contributed by atoms with Crippen LogP contribution in [0.2, 0.25) is 0 Å². The molecule has 0 aliphatic carbocycles. The zero-order chi connectivity index (χ0) is 11.5. The number of guanidine groups is 1. The first-order valence-corrected chi connectivity index (χ1v) is 6.36. The van der Waals surface area contributed by atoms with Crippen molar-refractivity contribution in [3.63, 3.8) is 0 Å². The molecule has 15 heavy (non-hydrogen) atoms. The van der Waals surface area contributed by atoms with Gasteiger partial charge in [-0.05, 0) is 27.7 Å². The monoisotopic (exact) mass is 230 g/mol. The van der Waals surface area contributed by atoms with Crippen LogP contribution in [0.25, 0.3) is 0 Å². The minimum Gasteiger partial charge on any atom is -0.340 e. The van der Waals surface area contributed by atoms with E-state index in [4.69, 9.17) is 5.84 Å². The molecule has 0 radical (unpaired) electrons. The molecule has 1 saturated heterocycles. The van der Waals surface area contributed by atoms with E-state index in [1.54, 1.807) is 0 Å². The lowest BCUT2D eigenvalue weighted by Crippen LogP contribution is -2.52. The van der Waals surface area contributed by atoms with E-state index in [9.17, 15) is 0 Å². The van der Waals surface area contributed by atoms with Crippen molar-refractivity contribution in [2.24, 2.45) is 10.8 Å². The number of nitrogens with zero attached hydrogens (tertiary/aromatic N) is 2. The zero-order valence-corrected chi connectivity index (χ0v) is 10.9. The predicted octanol–water partition coefficient (Wildman–Crippen LogP) is 1.04. The van der Waals surface area contributed by atoms with Gasteiger partial charge in [0.25, 0.3) is 0 Å². The first-order chi connectivity index (χ1) is 6.94. The van der Waals surface area contributed by atoms with Crippen molar-refractivity contribution in [3.8, 4) is 0 Å². The summed E-state index contributed by atoms with van der Waals surface area (Å²) in [4.78, 5) is 6.71. The van der Waals surface area contributed by atoms with Gasteiger partial charge in [0.1, 0.15) is 0 Å². The van der Waals surface area contributed by atoms with Crippen molar-refractivity contribution in [3.05, 3.63) is 0 Å². The molecule has 3 N–H and O–H groups in total. The predicted molar refractivity (Wildman–Crippen MR) is 68.0 cm³/mol. The average molecular weight is 230 g/mol. The Kier molecular flexibility index (Phi) is 4.28. The van der Waals surface area contributed by atoms with Crippen molar-refractivity contribution >= 4 is 17.7 Å². The van der Waals surface area contributed by atoms with Crippen LogP contribution in [0.1, 0.15) is 27.7 Å². The molecular weight excluding hydrogens is 208 g/mol. The number of nitrogens with one attached hydrogen (secondary N) is 1. The maximum Gasteiger partial charge on any atom is 0.208 e. The third kappa shape index (κ3) is 3.91. The molecule has 0 aromatic rings. The Bertz CT molecular complexity index is 238. The van der Waals surface area contributed by atoms with E-state index in [2.05, 4.69) is 43.0 Å².